The van der Waals surface area contributed by atoms with E-state index in [2.05, 4.69) is 43.1 Å². The summed E-state index contributed by atoms with van der Waals surface area (Å²) in [6.45, 7) is 0.127. The molecule has 0 aromatic heterocycles. The van der Waals surface area contributed by atoms with E-state index in [0.29, 0.717) is 31.0 Å². The molecule has 3 amide bonds. The SMILES string of the molecule is C#CCOc1c(Br)cc(/C=C2/NC(=O)N(c3ccc(Cl)cc3)C2=O)cc1Br. The highest BCUT2D eigenvalue weighted by Gasteiger charge is 2.34. The molecule has 0 spiro atoms. The van der Waals surface area contributed by atoms with E-state index in [0.717, 1.165) is 4.90 Å². The van der Waals surface area contributed by atoms with Gasteiger partial charge in [-0.15, -0.1) is 6.42 Å². The third-order valence-electron chi connectivity index (χ3n) is 3.59. The van der Waals surface area contributed by atoms with Crippen LogP contribution in [0.25, 0.3) is 6.08 Å². The molecule has 1 fully saturated rings. The number of halogens is 3. The number of hydrogen-bond donors (Lipinski definition) is 1. The minimum Gasteiger partial charge on any atom is -0.479 e. The van der Waals surface area contributed by atoms with Gasteiger partial charge in [-0.3, -0.25) is 4.79 Å². The number of anilines is 1. The number of imide groups is 1. The number of amides is 3. The normalized spacial score (nSPS) is 15.0. The Morgan fingerprint density at radius 2 is 1.81 bits per heavy atom. The zero-order chi connectivity index (χ0) is 19.6. The molecule has 2 aromatic rings. The molecule has 0 saturated carbocycles. The Balaban J connectivity index is 1.90. The molecule has 8 heteroatoms. The first-order valence-corrected chi connectivity index (χ1v) is 9.55. The number of rotatable bonds is 4. The standard InChI is InChI=1S/C19H11Br2ClN2O3/c1-2-7-27-17-14(20)8-11(9-15(17)21)10-16-18(25)24(19(26)23-16)13-5-3-12(22)4-6-13/h1,3-6,8-10H,7H2,(H,23,26)/b16-10+. The lowest BCUT2D eigenvalue weighted by Crippen LogP contribution is -2.30. The molecule has 27 heavy (non-hydrogen) atoms. The third-order valence-corrected chi connectivity index (χ3v) is 5.02. The Labute approximate surface area is 177 Å². The Kier molecular flexibility index (Phi) is 5.90. The molecule has 3 rings (SSSR count). The Bertz CT molecular complexity index is 974. The van der Waals surface area contributed by atoms with Crippen LogP contribution in [0.3, 0.4) is 0 Å². The van der Waals surface area contributed by atoms with Gasteiger partial charge < -0.3 is 10.1 Å². The van der Waals surface area contributed by atoms with Gasteiger partial charge in [0.2, 0.25) is 0 Å². The second kappa shape index (κ2) is 8.17. The van der Waals surface area contributed by atoms with Gasteiger partial charge in [-0.2, -0.15) is 0 Å². The van der Waals surface area contributed by atoms with Gasteiger partial charge in [0.05, 0.1) is 14.6 Å². The van der Waals surface area contributed by atoms with Crippen LogP contribution in [0.1, 0.15) is 5.56 Å². The number of urea groups is 1. The monoisotopic (exact) mass is 508 g/mol. The van der Waals surface area contributed by atoms with Crippen molar-refractivity contribution in [3.63, 3.8) is 0 Å². The molecule has 136 valence electrons. The molecule has 1 aliphatic heterocycles. The average molecular weight is 511 g/mol. The molecule has 5 nitrogen and oxygen atoms in total. The van der Waals surface area contributed by atoms with E-state index in [1.807, 2.05) is 0 Å². The summed E-state index contributed by atoms with van der Waals surface area (Å²) in [5.41, 5.74) is 1.28. The lowest BCUT2D eigenvalue weighted by Gasteiger charge is -2.11. The van der Waals surface area contributed by atoms with Crippen molar-refractivity contribution < 1.29 is 14.3 Å². The van der Waals surface area contributed by atoms with Crippen molar-refractivity contribution in [1.29, 1.82) is 0 Å². The molecule has 0 unspecified atom stereocenters. The second-order valence-electron chi connectivity index (χ2n) is 5.41. The van der Waals surface area contributed by atoms with Crippen molar-refractivity contribution >= 4 is 67.2 Å². The third kappa shape index (κ3) is 4.19. The van der Waals surface area contributed by atoms with Crippen molar-refractivity contribution in [3.05, 3.63) is 61.6 Å². The van der Waals surface area contributed by atoms with Crippen molar-refractivity contribution in [2.75, 3.05) is 11.5 Å². The maximum absolute atomic E-state index is 12.7. The highest BCUT2D eigenvalue weighted by atomic mass is 79.9. The fraction of sp³-hybridized carbons (Fsp3) is 0.0526. The predicted octanol–water partition coefficient (Wildman–Crippen LogP) is 4.97. The summed E-state index contributed by atoms with van der Waals surface area (Å²) in [4.78, 5) is 25.9. The molecule has 1 N–H and O–H groups in total. The first-order chi connectivity index (χ1) is 12.9. The van der Waals surface area contributed by atoms with Crippen molar-refractivity contribution in [2.24, 2.45) is 0 Å². The minimum absolute atomic E-state index is 0.127. The number of carbonyl (C=O) groups is 2. The summed E-state index contributed by atoms with van der Waals surface area (Å²) in [5.74, 6) is 2.50. The average Bonchev–Trinajstić information content (AvgIpc) is 2.89. The fourth-order valence-corrected chi connectivity index (χ4v) is 4.02. The minimum atomic E-state index is -0.527. The summed E-state index contributed by atoms with van der Waals surface area (Å²) in [5, 5.41) is 3.10. The first kappa shape index (κ1) is 19.5. The molecular weight excluding hydrogens is 499 g/mol. The summed E-state index contributed by atoms with van der Waals surface area (Å²) in [6.07, 6.45) is 6.79. The zero-order valence-corrected chi connectivity index (χ0v) is 17.6. The van der Waals surface area contributed by atoms with Gasteiger partial charge in [0.15, 0.2) is 0 Å². The van der Waals surface area contributed by atoms with E-state index in [9.17, 15) is 9.59 Å². The van der Waals surface area contributed by atoms with E-state index < -0.39 is 11.9 Å². The smallest absolute Gasteiger partial charge is 0.333 e. The highest BCUT2D eigenvalue weighted by molar-refractivity contribution is 9.11. The van der Waals surface area contributed by atoms with Gasteiger partial charge in [-0.1, -0.05) is 17.5 Å². The lowest BCUT2D eigenvalue weighted by molar-refractivity contribution is -0.113. The molecule has 0 bridgehead atoms. The quantitative estimate of drug-likeness (QED) is 0.359. The largest absolute Gasteiger partial charge is 0.479 e. The lowest BCUT2D eigenvalue weighted by atomic mass is 10.2. The number of hydrogen-bond acceptors (Lipinski definition) is 3. The zero-order valence-electron chi connectivity index (χ0n) is 13.6. The maximum Gasteiger partial charge on any atom is 0.333 e. The number of carbonyl (C=O) groups excluding carboxylic acids is 2. The van der Waals surface area contributed by atoms with E-state index in [1.54, 1.807) is 42.5 Å². The van der Waals surface area contributed by atoms with Crippen LogP contribution in [0.4, 0.5) is 10.5 Å². The van der Waals surface area contributed by atoms with Crippen molar-refractivity contribution in [2.45, 2.75) is 0 Å². The predicted molar refractivity (Wildman–Crippen MR) is 112 cm³/mol. The van der Waals surface area contributed by atoms with E-state index in [-0.39, 0.29) is 12.3 Å². The Morgan fingerprint density at radius 3 is 2.41 bits per heavy atom. The van der Waals surface area contributed by atoms with E-state index in [1.165, 1.54) is 0 Å². The number of ether oxygens (including phenoxy) is 1. The summed E-state index contributed by atoms with van der Waals surface area (Å²) >= 11 is 12.7. The van der Waals surface area contributed by atoms with E-state index in [4.69, 9.17) is 22.8 Å². The molecule has 1 saturated heterocycles. The van der Waals surface area contributed by atoms with Gasteiger partial charge in [-0.05, 0) is 79.9 Å². The van der Waals surface area contributed by atoms with Crippen LogP contribution in [0.2, 0.25) is 5.02 Å². The highest BCUT2D eigenvalue weighted by Crippen LogP contribution is 2.35. The van der Waals surface area contributed by atoms with Gasteiger partial charge >= 0.3 is 6.03 Å². The van der Waals surface area contributed by atoms with Crippen LogP contribution in [0.15, 0.2) is 51.0 Å². The Hall–Kier alpha value is -2.27. The Morgan fingerprint density at radius 1 is 1.19 bits per heavy atom. The first-order valence-electron chi connectivity index (χ1n) is 7.58. The molecular formula is C19H11Br2ClN2O3. The fourth-order valence-electron chi connectivity index (χ4n) is 2.44. The number of benzene rings is 2. The number of nitrogens with one attached hydrogen (secondary N) is 1. The topological polar surface area (TPSA) is 58.6 Å². The van der Waals surface area contributed by atoms with Gasteiger partial charge in [0, 0.05) is 5.02 Å². The van der Waals surface area contributed by atoms with Gasteiger partial charge in [0.25, 0.3) is 5.91 Å². The van der Waals surface area contributed by atoms with Crippen LogP contribution in [-0.4, -0.2) is 18.5 Å². The van der Waals surface area contributed by atoms with Crippen LogP contribution in [-0.2, 0) is 4.79 Å². The van der Waals surface area contributed by atoms with Crippen LogP contribution >= 0.6 is 43.5 Å². The molecule has 0 aliphatic carbocycles. The van der Waals surface area contributed by atoms with Gasteiger partial charge in [-0.25, -0.2) is 9.69 Å². The van der Waals surface area contributed by atoms with Crippen LogP contribution < -0.4 is 15.0 Å². The molecule has 0 atom stereocenters. The van der Waals surface area contributed by atoms with Crippen molar-refractivity contribution in [1.82, 2.24) is 5.32 Å². The number of terminal acetylenes is 1. The second-order valence-corrected chi connectivity index (χ2v) is 7.56. The number of nitrogens with zero attached hydrogens (tertiary/aromatic N) is 1. The summed E-state index contributed by atoms with van der Waals surface area (Å²) in [6, 6.07) is 9.42. The molecule has 1 heterocycles. The molecule has 2 aromatic carbocycles. The van der Waals surface area contributed by atoms with E-state index >= 15 is 0 Å². The van der Waals surface area contributed by atoms with Crippen molar-refractivity contribution in [3.8, 4) is 18.1 Å². The van der Waals surface area contributed by atoms with Crippen LogP contribution in [0, 0.1) is 12.3 Å². The molecule has 0 radical (unpaired) electrons. The summed E-state index contributed by atoms with van der Waals surface area (Å²) < 4.78 is 6.77. The van der Waals surface area contributed by atoms with Crippen LogP contribution in [0.5, 0.6) is 5.75 Å². The van der Waals surface area contributed by atoms with Gasteiger partial charge in [0.1, 0.15) is 18.1 Å². The maximum atomic E-state index is 12.7. The summed E-state index contributed by atoms with van der Waals surface area (Å²) in [7, 11) is 0. The molecule has 1 aliphatic rings.